The summed E-state index contributed by atoms with van der Waals surface area (Å²) in [4.78, 5) is 14.8. The van der Waals surface area contributed by atoms with E-state index in [0.717, 1.165) is 15.5 Å². The fourth-order valence-corrected chi connectivity index (χ4v) is 3.68. The first-order valence-electron chi connectivity index (χ1n) is 8.44. The van der Waals surface area contributed by atoms with Crippen LogP contribution in [0.5, 0.6) is 5.75 Å². The molecule has 2 atom stereocenters. The van der Waals surface area contributed by atoms with Crippen molar-refractivity contribution < 1.29 is 14.6 Å². The molecule has 0 bridgehead atoms. The van der Waals surface area contributed by atoms with E-state index in [2.05, 4.69) is 6.92 Å². The maximum atomic E-state index is 10.9. The van der Waals surface area contributed by atoms with E-state index in [9.17, 15) is 4.79 Å². The number of ether oxygens (including phenoxy) is 1. The summed E-state index contributed by atoms with van der Waals surface area (Å²) in [5.74, 6) is 0.178. The zero-order chi connectivity index (χ0) is 19.1. The van der Waals surface area contributed by atoms with E-state index in [0.29, 0.717) is 11.6 Å². The van der Waals surface area contributed by atoms with Gasteiger partial charge in [-0.15, -0.1) is 0 Å². The molecule has 0 spiro atoms. The molecule has 2 aromatic carbocycles. The van der Waals surface area contributed by atoms with Crippen LogP contribution in [0.2, 0.25) is 5.02 Å². The summed E-state index contributed by atoms with van der Waals surface area (Å²) < 4.78 is 6.05. The minimum absolute atomic E-state index is 0.0205. The van der Waals surface area contributed by atoms with Crippen LogP contribution in [-0.2, 0) is 4.79 Å². The number of nitrogens with zero attached hydrogens (tertiary/aromatic N) is 1. The first kappa shape index (κ1) is 20.6. The highest BCUT2D eigenvalue weighted by Crippen LogP contribution is 2.35. The number of hydrogen-bond acceptors (Lipinski definition) is 4. The van der Waals surface area contributed by atoms with Gasteiger partial charge in [-0.1, -0.05) is 48.5 Å². The summed E-state index contributed by atoms with van der Waals surface area (Å²) in [6.07, 6.45) is 0. The van der Waals surface area contributed by atoms with E-state index in [4.69, 9.17) is 21.4 Å². The highest BCUT2D eigenvalue weighted by molar-refractivity contribution is 7.99. The number of halogens is 1. The number of likely N-dealkylation sites (N-methyl/N-ethyl adjacent to an activating group) is 1. The van der Waals surface area contributed by atoms with Gasteiger partial charge in [0, 0.05) is 21.9 Å². The third-order valence-electron chi connectivity index (χ3n) is 4.28. The van der Waals surface area contributed by atoms with Crippen molar-refractivity contribution >= 4 is 29.3 Å². The third kappa shape index (κ3) is 6.24. The Hall–Kier alpha value is -1.69. The molecule has 0 aromatic heterocycles. The minimum atomic E-state index is -0.823. The average molecular weight is 394 g/mol. The van der Waals surface area contributed by atoms with Crippen LogP contribution in [-0.4, -0.2) is 42.2 Å². The molecule has 2 unspecified atom stereocenters. The molecule has 0 heterocycles. The van der Waals surface area contributed by atoms with Crippen LogP contribution in [0.3, 0.4) is 0 Å². The molecule has 2 aromatic rings. The molecule has 0 aliphatic carbocycles. The fraction of sp³-hybridized carbons (Fsp3) is 0.350. The van der Waals surface area contributed by atoms with E-state index in [-0.39, 0.29) is 18.5 Å². The lowest BCUT2D eigenvalue weighted by molar-refractivity contribution is -0.138. The van der Waals surface area contributed by atoms with Crippen molar-refractivity contribution in [3.8, 4) is 5.75 Å². The van der Waals surface area contributed by atoms with E-state index < -0.39 is 5.97 Å². The molecule has 4 nitrogen and oxygen atoms in total. The Morgan fingerprint density at radius 2 is 1.96 bits per heavy atom. The van der Waals surface area contributed by atoms with E-state index in [1.807, 2.05) is 67.4 Å². The molecule has 0 saturated heterocycles. The van der Waals surface area contributed by atoms with Crippen molar-refractivity contribution in [3.05, 3.63) is 53.6 Å². The third-order valence-corrected chi connectivity index (χ3v) is 5.56. The van der Waals surface area contributed by atoms with Gasteiger partial charge in [0.1, 0.15) is 5.75 Å². The van der Waals surface area contributed by atoms with E-state index >= 15 is 0 Å². The molecule has 1 N–H and O–H groups in total. The standard InChI is InChI=1S/C20H24ClNO3S/c1-14(15(2)22(3)12-20(23)24)13-25-18-9-4-5-10-19(18)26-17-8-6-7-16(21)11-17/h4-11,14-15H,12-13H2,1-3H3,(H,23,24). The van der Waals surface area contributed by atoms with Gasteiger partial charge in [-0.2, -0.15) is 0 Å². The van der Waals surface area contributed by atoms with Crippen LogP contribution in [0.25, 0.3) is 0 Å². The Bertz CT molecular complexity index is 741. The molecule has 0 amide bonds. The summed E-state index contributed by atoms with van der Waals surface area (Å²) in [6, 6.07) is 15.7. The number of aliphatic carboxylic acids is 1. The molecule has 0 aliphatic rings. The second-order valence-corrected chi connectivity index (χ2v) is 7.90. The SMILES string of the molecule is CC(COc1ccccc1Sc1cccc(Cl)c1)C(C)N(C)CC(=O)O. The fourth-order valence-electron chi connectivity index (χ4n) is 2.46. The largest absolute Gasteiger partial charge is 0.492 e. The van der Waals surface area contributed by atoms with Crippen LogP contribution in [0.4, 0.5) is 0 Å². The second kappa shape index (κ2) is 9.86. The summed E-state index contributed by atoms with van der Waals surface area (Å²) in [5.41, 5.74) is 0. The Morgan fingerprint density at radius 3 is 2.65 bits per heavy atom. The predicted octanol–water partition coefficient (Wildman–Crippen LogP) is 4.91. The van der Waals surface area contributed by atoms with Crippen LogP contribution in [0.1, 0.15) is 13.8 Å². The smallest absolute Gasteiger partial charge is 0.317 e. The molecule has 0 fully saturated rings. The zero-order valence-electron chi connectivity index (χ0n) is 15.2. The van der Waals surface area contributed by atoms with Gasteiger partial charge >= 0.3 is 5.97 Å². The normalized spacial score (nSPS) is 13.4. The second-order valence-electron chi connectivity index (χ2n) is 6.34. The first-order chi connectivity index (χ1) is 12.4. The summed E-state index contributed by atoms with van der Waals surface area (Å²) in [5, 5.41) is 9.64. The number of hydrogen-bond donors (Lipinski definition) is 1. The monoisotopic (exact) mass is 393 g/mol. The van der Waals surface area contributed by atoms with Crippen molar-refractivity contribution in [3.63, 3.8) is 0 Å². The number of para-hydroxylation sites is 1. The van der Waals surface area contributed by atoms with Crippen molar-refractivity contribution in [1.29, 1.82) is 0 Å². The zero-order valence-corrected chi connectivity index (χ0v) is 16.8. The summed E-state index contributed by atoms with van der Waals surface area (Å²) in [7, 11) is 1.82. The quantitative estimate of drug-likeness (QED) is 0.655. The Kier molecular flexibility index (Phi) is 7.82. The Morgan fingerprint density at radius 1 is 1.23 bits per heavy atom. The molecule has 6 heteroatoms. The lowest BCUT2D eigenvalue weighted by atomic mass is 10.0. The summed E-state index contributed by atoms with van der Waals surface area (Å²) in [6.45, 7) is 4.62. The molecule has 2 rings (SSSR count). The highest BCUT2D eigenvalue weighted by Gasteiger charge is 2.20. The maximum Gasteiger partial charge on any atom is 0.317 e. The molecule has 140 valence electrons. The summed E-state index contributed by atoms with van der Waals surface area (Å²) >= 11 is 7.67. The van der Waals surface area contributed by atoms with Gasteiger partial charge in [-0.3, -0.25) is 9.69 Å². The average Bonchev–Trinajstić information content (AvgIpc) is 2.59. The molecule has 0 saturated carbocycles. The minimum Gasteiger partial charge on any atom is -0.492 e. The maximum absolute atomic E-state index is 10.9. The number of carboxylic acid groups (broad SMARTS) is 1. The number of rotatable bonds is 9. The molecule has 26 heavy (non-hydrogen) atoms. The van der Waals surface area contributed by atoms with Crippen LogP contribution < -0.4 is 4.74 Å². The molecule has 0 radical (unpaired) electrons. The molecular formula is C20H24ClNO3S. The number of carbonyl (C=O) groups is 1. The predicted molar refractivity (Wildman–Crippen MR) is 106 cm³/mol. The van der Waals surface area contributed by atoms with Crippen LogP contribution >= 0.6 is 23.4 Å². The molecular weight excluding hydrogens is 370 g/mol. The van der Waals surface area contributed by atoms with Gasteiger partial charge in [0.2, 0.25) is 0 Å². The van der Waals surface area contributed by atoms with E-state index in [1.54, 1.807) is 11.8 Å². The van der Waals surface area contributed by atoms with Gasteiger partial charge in [-0.05, 0) is 44.3 Å². The van der Waals surface area contributed by atoms with Gasteiger partial charge in [0.05, 0.1) is 18.0 Å². The van der Waals surface area contributed by atoms with Crippen molar-refractivity contribution in [2.45, 2.75) is 29.7 Å². The van der Waals surface area contributed by atoms with Gasteiger partial charge in [0.15, 0.2) is 0 Å². The Balaban J connectivity index is 2.00. The van der Waals surface area contributed by atoms with Crippen molar-refractivity contribution in [1.82, 2.24) is 4.90 Å². The topological polar surface area (TPSA) is 49.8 Å². The van der Waals surface area contributed by atoms with Crippen LogP contribution in [0.15, 0.2) is 58.3 Å². The van der Waals surface area contributed by atoms with Gasteiger partial charge in [-0.25, -0.2) is 0 Å². The highest BCUT2D eigenvalue weighted by atomic mass is 35.5. The molecule has 0 aliphatic heterocycles. The van der Waals surface area contributed by atoms with Gasteiger partial charge in [0.25, 0.3) is 0 Å². The van der Waals surface area contributed by atoms with Gasteiger partial charge < -0.3 is 9.84 Å². The lowest BCUT2D eigenvalue weighted by Gasteiger charge is -2.28. The lowest BCUT2D eigenvalue weighted by Crippen LogP contribution is -2.39. The Labute approximate surface area is 164 Å². The first-order valence-corrected chi connectivity index (χ1v) is 9.63. The number of carboxylic acids is 1. The van der Waals surface area contributed by atoms with Crippen LogP contribution in [0, 0.1) is 5.92 Å². The number of benzene rings is 2. The van der Waals surface area contributed by atoms with Crippen molar-refractivity contribution in [2.75, 3.05) is 20.2 Å². The van der Waals surface area contributed by atoms with E-state index in [1.165, 1.54) is 0 Å². The van der Waals surface area contributed by atoms with Crippen molar-refractivity contribution in [2.24, 2.45) is 5.92 Å².